The van der Waals surface area contributed by atoms with E-state index in [4.69, 9.17) is 5.26 Å². The van der Waals surface area contributed by atoms with E-state index in [0.717, 1.165) is 5.69 Å². The molecule has 0 unspecified atom stereocenters. The van der Waals surface area contributed by atoms with Crippen LogP contribution in [-0.2, 0) is 0 Å². The molecule has 0 radical (unpaired) electrons. The Morgan fingerprint density at radius 2 is 1.88 bits per heavy atom. The highest BCUT2D eigenvalue weighted by atomic mass is 16.3. The van der Waals surface area contributed by atoms with Gasteiger partial charge in [0.25, 0.3) is 0 Å². The van der Waals surface area contributed by atoms with Gasteiger partial charge < -0.3 is 5.11 Å². The summed E-state index contributed by atoms with van der Waals surface area (Å²) in [6.07, 6.45) is 1.55. The number of rotatable bonds is 2. The predicted molar refractivity (Wildman–Crippen MR) is 66.5 cm³/mol. The van der Waals surface area contributed by atoms with E-state index in [1.165, 1.54) is 6.07 Å². The normalized spacial score (nSPS) is 10.3. The molecule has 2 aromatic carbocycles. The fourth-order valence-electron chi connectivity index (χ4n) is 1.39. The molecule has 0 amide bonds. The van der Waals surface area contributed by atoms with Crippen LogP contribution in [0, 0.1) is 11.3 Å². The average Bonchev–Trinajstić information content (AvgIpc) is 2.39. The van der Waals surface area contributed by atoms with Crippen molar-refractivity contribution in [2.45, 2.75) is 0 Å². The number of aromatic hydroxyl groups is 1. The summed E-state index contributed by atoms with van der Waals surface area (Å²) >= 11 is 0. The molecular weight excluding hydrogens is 212 g/mol. The smallest absolute Gasteiger partial charge is 0.124 e. The van der Waals surface area contributed by atoms with Crippen LogP contribution in [0.15, 0.2) is 53.5 Å². The average molecular weight is 222 g/mol. The zero-order valence-corrected chi connectivity index (χ0v) is 9.04. The molecule has 1 N–H and O–H groups in total. The highest BCUT2D eigenvalue weighted by Crippen LogP contribution is 2.17. The van der Waals surface area contributed by atoms with Crippen LogP contribution in [0.5, 0.6) is 5.75 Å². The fraction of sp³-hybridized carbons (Fsp3) is 0. The molecule has 0 aliphatic heterocycles. The van der Waals surface area contributed by atoms with Gasteiger partial charge in [-0.2, -0.15) is 5.26 Å². The summed E-state index contributed by atoms with van der Waals surface area (Å²) in [5.74, 6) is 0.115. The first-order chi connectivity index (χ1) is 8.29. The van der Waals surface area contributed by atoms with Crippen LogP contribution in [0.4, 0.5) is 5.69 Å². The zero-order chi connectivity index (χ0) is 12.1. The Kier molecular flexibility index (Phi) is 3.18. The minimum Gasteiger partial charge on any atom is -0.507 e. The molecule has 17 heavy (non-hydrogen) atoms. The molecule has 0 saturated carbocycles. The number of phenolic OH excluding ortho intramolecular Hbond substituents is 1. The molecule has 0 fully saturated rings. The molecule has 0 atom stereocenters. The summed E-state index contributed by atoms with van der Waals surface area (Å²) in [5, 5.41) is 18.4. The Hall–Kier alpha value is -2.60. The van der Waals surface area contributed by atoms with Crippen molar-refractivity contribution in [2.75, 3.05) is 0 Å². The number of nitrogens with zero attached hydrogens (tertiary/aromatic N) is 2. The summed E-state index contributed by atoms with van der Waals surface area (Å²) in [6, 6.07) is 16.1. The lowest BCUT2D eigenvalue weighted by Crippen LogP contribution is -1.84. The van der Waals surface area contributed by atoms with Gasteiger partial charge in [0.15, 0.2) is 0 Å². The van der Waals surface area contributed by atoms with Gasteiger partial charge in [-0.05, 0) is 30.3 Å². The first-order valence-electron chi connectivity index (χ1n) is 5.12. The van der Waals surface area contributed by atoms with E-state index in [0.29, 0.717) is 11.1 Å². The fourth-order valence-corrected chi connectivity index (χ4v) is 1.39. The number of hydrogen-bond donors (Lipinski definition) is 1. The van der Waals surface area contributed by atoms with Crippen LogP contribution in [0.3, 0.4) is 0 Å². The highest BCUT2D eigenvalue weighted by Gasteiger charge is 1.99. The lowest BCUT2D eigenvalue weighted by molar-refractivity contribution is 0.474. The van der Waals surface area contributed by atoms with Crippen molar-refractivity contribution in [2.24, 2.45) is 4.99 Å². The molecule has 0 aromatic heterocycles. The van der Waals surface area contributed by atoms with E-state index in [-0.39, 0.29) is 5.75 Å². The third-order valence-corrected chi connectivity index (χ3v) is 2.27. The Morgan fingerprint density at radius 1 is 1.12 bits per heavy atom. The highest BCUT2D eigenvalue weighted by molar-refractivity contribution is 5.85. The van der Waals surface area contributed by atoms with Gasteiger partial charge in [0, 0.05) is 11.8 Å². The molecule has 3 nitrogen and oxygen atoms in total. The summed E-state index contributed by atoms with van der Waals surface area (Å²) < 4.78 is 0. The Morgan fingerprint density at radius 3 is 2.59 bits per heavy atom. The number of hydrogen-bond acceptors (Lipinski definition) is 3. The van der Waals surface area contributed by atoms with Crippen molar-refractivity contribution >= 4 is 11.9 Å². The van der Waals surface area contributed by atoms with Crippen molar-refractivity contribution in [1.82, 2.24) is 0 Å². The van der Waals surface area contributed by atoms with E-state index in [1.807, 2.05) is 36.4 Å². The second kappa shape index (κ2) is 4.95. The first kappa shape index (κ1) is 10.9. The van der Waals surface area contributed by atoms with Crippen LogP contribution >= 0.6 is 0 Å². The Bertz CT molecular complexity index is 583. The first-order valence-corrected chi connectivity index (χ1v) is 5.12. The van der Waals surface area contributed by atoms with Crippen LogP contribution in [0.25, 0.3) is 0 Å². The number of para-hydroxylation sites is 1. The maximum absolute atomic E-state index is 9.61. The molecule has 0 heterocycles. The monoisotopic (exact) mass is 222 g/mol. The second-order valence-corrected chi connectivity index (χ2v) is 3.48. The lowest BCUT2D eigenvalue weighted by atomic mass is 10.1. The number of nitriles is 1. The van der Waals surface area contributed by atoms with Crippen LogP contribution < -0.4 is 0 Å². The third kappa shape index (κ3) is 2.70. The molecule has 0 saturated heterocycles. The topological polar surface area (TPSA) is 56.4 Å². The maximum atomic E-state index is 9.61. The number of benzene rings is 2. The molecule has 0 aliphatic rings. The summed E-state index contributed by atoms with van der Waals surface area (Å²) in [5.41, 5.74) is 1.83. The van der Waals surface area contributed by atoms with Crippen molar-refractivity contribution in [1.29, 1.82) is 5.26 Å². The van der Waals surface area contributed by atoms with E-state index in [9.17, 15) is 5.11 Å². The van der Waals surface area contributed by atoms with Crippen LogP contribution in [0.1, 0.15) is 11.1 Å². The Labute approximate surface area is 99.3 Å². The van der Waals surface area contributed by atoms with E-state index < -0.39 is 0 Å². The van der Waals surface area contributed by atoms with Crippen molar-refractivity contribution in [3.05, 3.63) is 59.7 Å². The van der Waals surface area contributed by atoms with Crippen molar-refractivity contribution in [3.63, 3.8) is 0 Å². The van der Waals surface area contributed by atoms with Crippen LogP contribution in [0.2, 0.25) is 0 Å². The van der Waals surface area contributed by atoms with Gasteiger partial charge in [-0.25, -0.2) is 0 Å². The minimum atomic E-state index is 0.115. The van der Waals surface area contributed by atoms with E-state index in [2.05, 4.69) is 4.99 Å². The van der Waals surface area contributed by atoms with Crippen molar-refractivity contribution in [3.8, 4) is 11.8 Å². The molecule has 82 valence electrons. The minimum absolute atomic E-state index is 0.115. The quantitative estimate of drug-likeness (QED) is 0.794. The SMILES string of the molecule is N#Cc1ccc(O)c(/C=N/c2ccccc2)c1. The largest absolute Gasteiger partial charge is 0.507 e. The van der Waals surface area contributed by atoms with E-state index >= 15 is 0 Å². The third-order valence-electron chi connectivity index (χ3n) is 2.27. The van der Waals surface area contributed by atoms with Crippen LogP contribution in [-0.4, -0.2) is 11.3 Å². The van der Waals surface area contributed by atoms with Gasteiger partial charge >= 0.3 is 0 Å². The predicted octanol–water partition coefficient (Wildman–Crippen LogP) is 3.01. The van der Waals surface area contributed by atoms with Gasteiger partial charge in [-0.15, -0.1) is 0 Å². The molecule has 0 aliphatic carbocycles. The van der Waals surface area contributed by atoms with Gasteiger partial charge in [-0.3, -0.25) is 4.99 Å². The Balaban J connectivity index is 2.30. The van der Waals surface area contributed by atoms with Gasteiger partial charge in [0.05, 0.1) is 17.3 Å². The summed E-state index contributed by atoms with van der Waals surface area (Å²) in [7, 11) is 0. The molecule has 0 bridgehead atoms. The molecule has 3 heteroatoms. The standard InChI is InChI=1S/C14H10N2O/c15-9-11-6-7-14(17)12(8-11)10-16-13-4-2-1-3-5-13/h1-8,10,17H/b16-10+. The zero-order valence-electron chi connectivity index (χ0n) is 9.04. The van der Waals surface area contributed by atoms with Crippen molar-refractivity contribution < 1.29 is 5.11 Å². The molecule has 0 spiro atoms. The number of phenols is 1. The van der Waals surface area contributed by atoms with Gasteiger partial charge in [0.2, 0.25) is 0 Å². The number of aliphatic imine (C=N–C) groups is 1. The van der Waals surface area contributed by atoms with Gasteiger partial charge in [-0.1, -0.05) is 18.2 Å². The summed E-state index contributed by atoms with van der Waals surface area (Å²) in [4.78, 5) is 4.22. The maximum Gasteiger partial charge on any atom is 0.124 e. The van der Waals surface area contributed by atoms with E-state index in [1.54, 1.807) is 18.3 Å². The lowest BCUT2D eigenvalue weighted by Gasteiger charge is -1.98. The molecule has 2 rings (SSSR count). The molecule has 2 aromatic rings. The summed E-state index contributed by atoms with van der Waals surface area (Å²) in [6.45, 7) is 0. The van der Waals surface area contributed by atoms with Gasteiger partial charge in [0.1, 0.15) is 5.75 Å². The second-order valence-electron chi connectivity index (χ2n) is 3.48. The molecular formula is C14H10N2O.